The quantitative estimate of drug-likeness (QED) is 0.372. The fourth-order valence-corrected chi connectivity index (χ4v) is 3.10. The topological polar surface area (TPSA) is 101 Å². The zero-order chi connectivity index (χ0) is 22.9. The Balaban J connectivity index is 1.65. The van der Waals surface area contributed by atoms with Crippen molar-refractivity contribution in [1.29, 1.82) is 0 Å². The van der Waals surface area contributed by atoms with Gasteiger partial charge in [-0.05, 0) is 43.3 Å². The van der Waals surface area contributed by atoms with Crippen LogP contribution in [0, 0.1) is 0 Å². The fraction of sp³-hybridized carbons (Fsp3) is 0.143. The molecule has 0 radical (unpaired) electrons. The number of aromatic nitrogens is 5. The van der Waals surface area contributed by atoms with Crippen molar-refractivity contribution < 1.29 is 22.7 Å². The second kappa shape index (κ2) is 8.17. The molecule has 2 N–H and O–H groups in total. The van der Waals surface area contributed by atoms with Gasteiger partial charge >= 0.3 is 12.1 Å². The Bertz CT molecular complexity index is 1240. The molecule has 0 aliphatic heterocycles. The molecule has 0 saturated carbocycles. The van der Waals surface area contributed by atoms with E-state index in [0.717, 1.165) is 11.9 Å². The number of rotatable bonds is 5. The van der Waals surface area contributed by atoms with E-state index in [1.807, 2.05) is 0 Å². The maximum Gasteiger partial charge on any atom is 0.434 e. The van der Waals surface area contributed by atoms with Crippen LogP contribution in [-0.2, 0) is 10.9 Å². The predicted molar refractivity (Wildman–Crippen MR) is 109 cm³/mol. The van der Waals surface area contributed by atoms with Crippen molar-refractivity contribution >= 4 is 11.7 Å². The number of hydrogen-bond acceptors (Lipinski definition) is 6. The molecule has 0 amide bonds. The van der Waals surface area contributed by atoms with Crippen molar-refractivity contribution in [3.63, 3.8) is 0 Å². The number of nitrogens with zero attached hydrogens (tertiary/aromatic N) is 5. The monoisotopic (exact) mass is 442 g/mol. The van der Waals surface area contributed by atoms with Gasteiger partial charge < -0.3 is 10.5 Å². The van der Waals surface area contributed by atoms with Crippen molar-refractivity contribution in [2.45, 2.75) is 13.1 Å². The van der Waals surface area contributed by atoms with E-state index < -0.39 is 23.4 Å². The van der Waals surface area contributed by atoms with Crippen molar-refractivity contribution in [2.75, 3.05) is 12.3 Å². The summed E-state index contributed by atoms with van der Waals surface area (Å²) in [5.41, 5.74) is 6.51. The van der Waals surface area contributed by atoms with Crippen molar-refractivity contribution in [1.82, 2.24) is 24.8 Å². The number of benzene rings is 2. The van der Waals surface area contributed by atoms with Crippen LogP contribution in [0.5, 0.6) is 0 Å². The Morgan fingerprint density at radius 3 is 2.34 bits per heavy atom. The average molecular weight is 442 g/mol. The van der Waals surface area contributed by atoms with Crippen LogP contribution < -0.4 is 5.73 Å². The third-order valence-corrected chi connectivity index (χ3v) is 4.59. The lowest BCUT2D eigenvalue weighted by Crippen LogP contribution is -2.18. The number of ether oxygens (including phenoxy) is 1. The lowest BCUT2D eigenvalue weighted by molar-refractivity contribution is -0.143. The summed E-state index contributed by atoms with van der Waals surface area (Å²) in [4.78, 5) is 11.9. The molecule has 4 rings (SSSR count). The molecule has 8 nitrogen and oxygen atoms in total. The van der Waals surface area contributed by atoms with E-state index in [1.165, 1.54) is 19.1 Å². The molecule has 0 bridgehead atoms. The summed E-state index contributed by atoms with van der Waals surface area (Å²) in [5.74, 6) is -1.08. The van der Waals surface area contributed by atoms with Gasteiger partial charge in [0.25, 0.3) is 0 Å². The first kappa shape index (κ1) is 21.1. The van der Waals surface area contributed by atoms with Gasteiger partial charge in [-0.2, -0.15) is 18.3 Å². The van der Waals surface area contributed by atoms with E-state index in [4.69, 9.17) is 10.5 Å². The maximum absolute atomic E-state index is 13.7. The summed E-state index contributed by atoms with van der Waals surface area (Å²) in [6.07, 6.45) is -2.26. The normalized spacial score (nSPS) is 11.5. The molecule has 0 aliphatic carbocycles. The minimum Gasteiger partial charge on any atom is -0.462 e. The molecule has 4 aromatic rings. The van der Waals surface area contributed by atoms with Gasteiger partial charge in [-0.3, -0.25) is 0 Å². The van der Waals surface area contributed by atoms with Crippen molar-refractivity contribution in [3.8, 4) is 22.6 Å². The number of nitrogen functional groups attached to an aromatic ring is 1. The van der Waals surface area contributed by atoms with E-state index in [0.29, 0.717) is 21.6 Å². The molecule has 2 heterocycles. The molecule has 164 valence electrons. The number of alkyl halides is 3. The van der Waals surface area contributed by atoms with Crippen LogP contribution >= 0.6 is 0 Å². The third kappa shape index (κ3) is 4.04. The minimum atomic E-state index is -4.81. The highest BCUT2D eigenvalue weighted by molar-refractivity contribution is 5.90. The summed E-state index contributed by atoms with van der Waals surface area (Å²) in [6.45, 7) is 1.46. The van der Waals surface area contributed by atoms with E-state index in [-0.39, 0.29) is 12.3 Å². The Kier molecular flexibility index (Phi) is 5.39. The minimum absolute atomic E-state index is 0.0486. The molecular weight excluding hydrogens is 425 g/mol. The molecule has 0 aliphatic rings. The number of anilines is 1. The van der Waals surface area contributed by atoms with Gasteiger partial charge in [0.15, 0.2) is 5.69 Å². The first-order valence-corrected chi connectivity index (χ1v) is 9.49. The van der Waals surface area contributed by atoms with E-state index >= 15 is 0 Å². The number of halogens is 3. The van der Waals surface area contributed by atoms with E-state index in [1.54, 1.807) is 47.3 Å². The lowest BCUT2D eigenvalue weighted by Gasteiger charge is -2.12. The van der Waals surface area contributed by atoms with Gasteiger partial charge in [0, 0.05) is 11.3 Å². The SMILES string of the molecule is CCOC(=O)c1cnn(-c2ccc(-c3cn(-c4ccc(N)cc4)nn3)cc2)c1C(F)(F)F. The predicted octanol–water partition coefficient (Wildman–Crippen LogP) is 3.90. The van der Waals surface area contributed by atoms with Crippen molar-refractivity contribution in [2.24, 2.45) is 0 Å². The number of hydrogen-bond donors (Lipinski definition) is 1. The highest BCUT2D eigenvalue weighted by Gasteiger charge is 2.41. The lowest BCUT2D eigenvalue weighted by atomic mass is 10.1. The van der Waals surface area contributed by atoms with Gasteiger partial charge in [-0.25, -0.2) is 14.2 Å². The summed E-state index contributed by atoms with van der Waals surface area (Å²) in [6, 6.07) is 13.1. The van der Waals surface area contributed by atoms with Crippen LogP contribution in [0.1, 0.15) is 23.0 Å². The summed E-state index contributed by atoms with van der Waals surface area (Å²) in [7, 11) is 0. The second-order valence-electron chi connectivity index (χ2n) is 6.72. The highest BCUT2D eigenvalue weighted by Crippen LogP contribution is 2.34. The van der Waals surface area contributed by atoms with E-state index in [9.17, 15) is 18.0 Å². The van der Waals surface area contributed by atoms with Gasteiger partial charge in [0.05, 0.1) is 30.4 Å². The number of esters is 1. The molecule has 32 heavy (non-hydrogen) atoms. The molecule has 2 aromatic carbocycles. The first-order valence-electron chi connectivity index (χ1n) is 9.49. The molecular formula is C21H17F3N6O2. The van der Waals surface area contributed by atoms with Crippen LogP contribution in [0.25, 0.3) is 22.6 Å². The van der Waals surface area contributed by atoms with Crippen LogP contribution in [0.4, 0.5) is 18.9 Å². The molecule has 0 atom stereocenters. The standard InChI is InChI=1S/C21H17F3N6O2/c1-2-32-20(31)17-11-26-30(19(17)21(22,23)24)16-7-3-13(4-8-16)18-12-29(28-27-18)15-9-5-14(25)6-10-15/h3-12H,2,25H2,1H3. The molecule has 11 heteroatoms. The molecule has 0 unspecified atom stereocenters. The molecule has 0 spiro atoms. The third-order valence-electron chi connectivity index (χ3n) is 4.59. The summed E-state index contributed by atoms with van der Waals surface area (Å²) < 4.78 is 47.9. The van der Waals surface area contributed by atoms with Crippen LogP contribution in [0.15, 0.2) is 60.9 Å². The maximum atomic E-state index is 13.7. The van der Waals surface area contributed by atoms with Gasteiger partial charge in [0.2, 0.25) is 0 Å². The van der Waals surface area contributed by atoms with Gasteiger partial charge in [0.1, 0.15) is 11.3 Å². The van der Waals surface area contributed by atoms with Gasteiger partial charge in [-0.1, -0.05) is 17.3 Å². The van der Waals surface area contributed by atoms with Crippen LogP contribution in [0.2, 0.25) is 0 Å². The molecule has 2 aromatic heterocycles. The van der Waals surface area contributed by atoms with Crippen LogP contribution in [0.3, 0.4) is 0 Å². The number of nitrogens with two attached hydrogens (primary N) is 1. The van der Waals surface area contributed by atoms with E-state index in [2.05, 4.69) is 15.4 Å². The second-order valence-corrected chi connectivity index (χ2v) is 6.72. The smallest absolute Gasteiger partial charge is 0.434 e. The number of carbonyl (C=O) groups is 1. The zero-order valence-corrected chi connectivity index (χ0v) is 16.7. The van der Waals surface area contributed by atoms with Gasteiger partial charge in [-0.15, -0.1) is 5.10 Å². The Labute approximate surface area is 180 Å². The number of carbonyl (C=O) groups excluding carboxylic acids is 1. The summed E-state index contributed by atoms with van der Waals surface area (Å²) in [5, 5.41) is 11.9. The van der Waals surface area contributed by atoms with Crippen LogP contribution in [-0.4, -0.2) is 37.4 Å². The highest BCUT2D eigenvalue weighted by atomic mass is 19.4. The molecule has 0 fully saturated rings. The Morgan fingerprint density at radius 2 is 1.72 bits per heavy atom. The Hall–Kier alpha value is -4.15. The fourth-order valence-electron chi connectivity index (χ4n) is 3.10. The van der Waals surface area contributed by atoms with Crippen molar-refractivity contribution in [3.05, 3.63) is 72.2 Å². The molecule has 0 saturated heterocycles. The summed E-state index contributed by atoms with van der Waals surface area (Å²) >= 11 is 0. The largest absolute Gasteiger partial charge is 0.462 e. The zero-order valence-electron chi connectivity index (χ0n) is 16.7. The first-order chi connectivity index (χ1) is 15.3. The Morgan fingerprint density at radius 1 is 1.06 bits per heavy atom. The average Bonchev–Trinajstić information content (AvgIpc) is 3.42.